The van der Waals surface area contributed by atoms with E-state index in [-0.39, 0.29) is 35.5 Å². The molecule has 1 aliphatic heterocycles. The summed E-state index contributed by atoms with van der Waals surface area (Å²) >= 11 is 0. The highest BCUT2D eigenvalue weighted by Crippen LogP contribution is 2.25. The zero-order chi connectivity index (χ0) is 19.2. The van der Waals surface area contributed by atoms with Gasteiger partial charge in [-0.1, -0.05) is 12.1 Å². The number of hydrogen-bond acceptors (Lipinski definition) is 5. The smallest absolute Gasteiger partial charge is 0.258 e. The Morgan fingerprint density at radius 2 is 1.89 bits per heavy atom. The number of carbonyl (C=O) groups is 2. The third kappa shape index (κ3) is 4.94. The summed E-state index contributed by atoms with van der Waals surface area (Å²) in [5.41, 5.74) is 6.23. The second-order valence-electron chi connectivity index (χ2n) is 6.32. The summed E-state index contributed by atoms with van der Waals surface area (Å²) in [4.78, 5) is 26.9. The number of nitrogens with two attached hydrogens (primary N) is 1. The third-order valence-electron chi connectivity index (χ3n) is 4.46. The number of nitrogens with one attached hydrogen (secondary N) is 1. The van der Waals surface area contributed by atoms with Crippen LogP contribution in [-0.4, -0.2) is 47.6 Å². The van der Waals surface area contributed by atoms with Gasteiger partial charge < -0.3 is 25.8 Å². The summed E-state index contributed by atoms with van der Waals surface area (Å²) in [6.45, 7) is 1.34. The molecule has 1 fully saturated rings. The molecule has 7 nitrogen and oxygen atoms in total. The fourth-order valence-corrected chi connectivity index (χ4v) is 3.13. The molecule has 150 valence electrons. The van der Waals surface area contributed by atoms with Crippen molar-refractivity contribution in [2.45, 2.75) is 18.9 Å². The van der Waals surface area contributed by atoms with E-state index in [4.69, 9.17) is 10.5 Å². The quantitative estimate of drug-likeness (QED) is 0.684. The van der Waals surface area contributed by atoms with Crippen molar-refractivity contribution in [3.8, 4) is 11.5 Å². The van der Waals surface area contributed by atoms with Gasteiger partial charge in [-0.2, -0.15) is 0 Å². The fraction of sp³-hybridized carbons (Fsp3) is 0.300. The van der Waals surface area contributed by atoms with Crippen molar-refractivity contribution < 1.29 is 19.4 Å². The Balaban J connectivity index is 0.00000280. The van der Waals surface area contributed by atoms with Crippen molar-refractivity contribution in [2.75, 3.05) is 25.0 Å². The number of aromatic hydroxyl groups is 1. The molecule has 0 aromatic heterocycles. The molecule has 28 heavy (non-hydrogen) atoms. The Hall–Kier alpha value is -2.77. The average molecular weight is 406 g/mol. The molecule has 1 saturated heterocycles. The van der Waals surface area contributed by atoms with Crippen LogP contribution < -0.4 is 15.8 Å². The number of phenols is 1. The average Bonchev–Trinajstić information content (AvgIpc) is 3.17. The summed E-state index contributed by atoms with van der Waals surface area (Å²) in [5.74, 6) is 0.0143. The van der Waals surface area contributed by atoms with E-state index in [1.165, 1.54) is 11.0 Å². The lowest BCUT2D eigenvalue weighted by molar-refractivity contribution is -0.119. The first-order valence-corrected chi connectivity index (χ1v) is 8.93. The van der Waals surface area contributed by atoms with Crippen LogP contribution in [-0.2, 0) is 4.79 Å². The van der Waals surface area contributed by atoms with Crippen LogP contribution in [0.15, 0.2) is 48.5 Å². The predicted molar refractivity (Wildman–Crippen MR) is 109 cm³/mol. The first kappa shape index (κ1) is 21.5. The molecule has 1 atom stereocenters. The van der Waals surface area contributed by atoms with E-state index in [9.17, 15) is 14.7 Å². The van der Waals surface area contributed by atoms with Gasteiger partial charge in [0.25, 0.3) is 5.91 Å². The summed E-state index contributed by atoms with van der Waals surface area (Å²) < 4.78 is 5.41. The highest BCUT2D eigenvalue weighted by molar-refractivity contribution is 6.02. The monoisotopic (exact) mass is 405 g/mol. The number of nitrogens with zero attached hydrogens (tertiary/aromatic N) is 1. The topological polar surface area (TPSA) is 105 Å². The van der Waals surface area contributed by atoms with E-state index in [1.54, 1.807) is 42.5 Å². The summed E-state index contributed by atoms with van der Waals surface area (Å²) in [7, 11) is 0. The van der Waals surface area contributed by atoms with Crippen LogP contribution in [0.5, 0.6) is 11.5 Å². The summed E-state index contributed by atoms with van der Waals surface area (Å²) in [6, 6.07) is 12.8. The zero-order valence-electron chi connectivity index (χ0n) is 15.3. The molecule has 1 aliphatic rings. The number of likely N-dealkylation sites (tertiary alicyclic amines) is 1. The minimum absolute atomic E-state index is 0. The maximum Gasteiger partial charge on any atom is 0.258 e. The lowest BCUT2D eigenvalue weighted by Crippen LogP contribution is -2.43. The van der Waals surface area contributed by atoms with Gasteiger partial charge in [0, 0.05) is 18.8 Å². The molecule has 2 amide bonds. The molecule has 1 heterocycles. The van der Waals surface area contributed by atoms with Gasteiger partial charge in [0.05, 0.1) is 5.56 Å². The van der Waals surface area contributed by atoms with Crippen molar-refractivity contribution in [3.05, 3.63) is 54.1 Å². The van der Waals surface area contributed by atoms with E-state index >= 15 is 0 Å². The van der Waals surface area contributed by atoms with Gasteiger partial charge in [0.1, 0.15) is 24.1 Å². The SMILES string of the molecule is Cl.NCCOc1ccc(NC(=O)C2CCCN2C(=O)c2ccccc2O)cc1. The van der Waals surface area contributed by atoms with Crippen LogP contribution in [0.4, 0.5) is 5.69 Å². The number of anilines is 1. The Bertz CT molecular complexity index is 813. The van der Waals surface area contributed by atoms with Crippen molar-refractivity contribution in [2.24, 2.45) is 5.73 Å². The predicted octanol–water partition coefficient (Wildman–Crippen LogP) is 2.39. The number of rotatable bonds is 6. The van der Waals surface area contributed by atoms with E-state index in [2.05, 4.69) is 5.32 Å². The van der Waals surface area contributed by atoms with Crippen molar-refractivity contribution in [1.82, 2.24) is 4.90 Å². The van der Waals surface area contributed by atoms with Gasteiger partial charge >= 0.3 is 0 Å². The van der Waals surface area contributed by atoms with E-state index in [1.807, 2.05) is 0 Å². The number of ether oxygens (including phenoxy) is 1. The Kier molecular flexibility index (Phi) is 7.66. The number of phenolic OH excluding ortho intramolecular Hbond substituents is 1. The molecule has 0 bridgehead atoms. The Morgan fingerprint density at radius 3 is 2.57 bits per heavy atom. The lowest BCUT2D eigenvalue weighted by atomic mass is 10.1. The molecule has 0 spiro atoms. The van der Waals surface area contributed by atoms with Gasteiger partial charge in [-0.05, 0) is 49.2 Å². The lowest BCUT2D eigenvalue weighted by Gasteiger charge is -2.24. The van der Waals surface area contributed by atoms with Crippen LogP contribution in [0.3, 0.4) is 0 Å². The maximum absolute atomic E-state index is 12.7. The van der Waals surface area contributed by atoms with Crippen molar-refractivity contribution in [1.29, 1.82) is 0 Å². The van der Waals surface area contributed by atoms with Crippen LogP contribution in [0, 0.1) is 0 Å². The highest BCUT2D eigenvalue weighted by Gasteiger charge is 2.35. The molecule has 4 N–H and O–H groups in total. The second kappa shape index (κ2) is 9.96. The standard InChI is InChI=1S/C20H23N3O4.ClH/c21-11-13-27-15-9-7-14(8-10-15)22-19(25)17-5-3-12-23(17)20(26)16-4-1-2-6-18(16)24;/h1-2,4,6-10,17,24H,3,5,11-13,21H2,(H,22,25);1H. The molecular formula is C20H24ClN3O4. The van der Waals surface area contributed by atoms with E-state index < -0.39 is 6.04 Å². The number of benzene rings is 2. The molecule has 0 aliphatic carbocycles. The minimum Gasteiger partial charge on any atom is -0.507 e. The fourth-order valence-electron chi connectivity index (χ4n) is 3.13. The second-order valence-corrected chi connectivity index (χ2v) is 6.32. The molecule has 8 heteroatoms. The first-order valence-electron chi connectivity index (χ1n) is 8.93. The number of halogens is 1. The Morgan fingerprint density at radius 1 is 1.18 bits per heavy atom. The van der Waals surface area contributed by atoms with Gasteiger partial charge in [-0.3, -0.25) is 9.59 Å². The van der Waals surface area contributed by atoms with Crippen LogP contribution in [0.25, 0.3) is 0 Å². The van der Waals surface area contributed by atoms with Gasteiger partial charge in [-0.15, -0.1) is 12.4 Å². The normalized spacial score (nSPS) is 15.6. The van der Waals surface area contributed by atoms with Crippen molar-refractivity contribution in [3.63, 3.8) is 0 Å². The minimum atomic E-state index is -0.565. The molecule has 2 aromatic carbocycles. The van der Waals surface area contributed by atoms with E-state index in [0.717, 1.165) is 6.42 Å². The van der Waals surface area contributed by atoms with Gasteiger partial charge in [0.15, 0.2) is 0 Å². The number of para-hydroxylation sites is 1. The molecule has 2 aromatic rings. The molecule has 0 radical (unpaired) electrons. The molecule has 0 saturated carbocycles. The van der Waals surface area contributed by atoms with Crippen LogP contribution >= 0.6 is 12.4 Å². The summed E-state index contributed by atoms with van der Waals surface area (Å²) in [6.07, 6.45) is 1.33. The first-order chi connectivity index (χ1) is 13.1. The molecule has 1 unspecified atom stereocenters. The highest BCUT2D eigenvalue weighted by atomic mass is 35.5. The zero-order valence-corrected chi connectivity index (χ0v) is 16.2. The summed E-state index contributed by atoms with van der Waals surface area (Å²) in [5, 5.41) is 12.8. The molecular weight excluding hydrogens is 382 g/mol. The molecule has 3 rings (SSSR count). The number of carbonyl (C=O) groups excluding carboxylic acids is 2. The number of amides is 2. The van der Waals surface area contributed by atoms with E-state index in [0.29, 0.717) is 37.6 Å². The number of hydrogen-bond donors (Lipinski definition) is 3. The Labute approximate surface area is 169 Å². The maximum atomic E-state index is 12.7. The third-order valence-corrected chi connectivity index (χ3v) is 4.46. The largest absolute Gasteiger partial charge is 0.507 e. The van der Waals surface area contributed by atoms with Gasteiger partial charge in [-0.25, -0.2) is 0 Å². The van der Waals surface area contributed by atoms with Crippen molar-refractivity contribution >= 4 is 29.9 Å². The van der Waals surface area contributed by atoms with Crippen LogP contribution in [0.2, 0.25) is 0 Å². The van der Waals surface area contributed by atoms with Crippen LogP contribution in [0.1, 0.15) is 23.2 Å². The van der Waals surface area contributed by atoms with Gasteiger partial charge in [0.2, 0.25) is 5.91 Å².